The summed E-state index contributed by atoms with van der Waals surface area (Å²) < 4.78 is 16.3. The topological polar surface area (TPSA) is 77.1 Å². The van der Waals surface area contributed by atoms with Crippen molar-refractivity contribution in [3.05, 3.63) is 54.1 Å². The highest BCUT2D eigenvalue weighted by Gasteiger charge is 2.27. The maximum atomic E-state index is 13.1. The fourth-order valence-corrected chi connectivity index (χ4v) is 2.96. The molecule has 0 saturated heterocycles. The smallest absolute Gasteiger partial charge is 0.261 e. The monoisotopic (exact) mass is 428 g/mol. The van der Waals surface area contributed by atoms with Gasteiger partial charge in [0.05, 0.1) is 14.2 Å². The van der Waals surface area contributed by atoms with Crippen LogP contribution in [0, 0.1) is 5.92 Å². The van der Waals surface area contributed by atoms with Crippen LogP contribution in [0.4, 0.5) is 0 Å². The van der Waals surface area contributed by atoms with Gasteiger partial charge in [-0.1, -0.05) is 38.1 Å². The molecule has 2 amide bonds. The highest BCUT2D eigenvalue weighted by molar-refractivity contribution is 5.88. The van der Waals surface area contributed by atoms with Crippen LogP contribution in [-0.4, -0.2) is 50.1 Å². The van der Waals surface area contributed by atoms with E-state index in [0.717, 1.165) is 5.56 Å². The summed E-state index contributed by atoms with van der Waals surface area (Å²) in [5, 5.41) is 2.90. The second-order valence-corrected chi connectivity index (χ2v) is 7.63. The molecule has 0 saturated carbocycles. The summed E-state index contributed by atoms with van der Waals surface area (Å²) in [5.74, 6) is 1.50. The zero-order valence-corrected chi connectivity index (χ0v) is 18.9. The zero-order valence-electron chi connectivity index (χ0n) is 18.9. The van der Waals surface area contributed by atoms with Gasteiger partial charge < -0.3 is 24.4 Å². The van der Waals surface area contributed by atoms with E-state index in [2.05, 4.69) is 5.32 Å². The predicted molar refractivity (Wildman–Crippen MR) is 119 cm³/mol. The van der Waals surface area contributed by atoms with Crippen molar-refractivity contribution in [1.82, 2.24) is 10.2 Å². The number of para-hydroxylation sites is 2. The largest absolute Gasteiger partial charge is 0.497 e. The standard InChI is InChI=1S/C24H32N2O5/c1-17(2)14-25-24(28)18(3)26(15-19-9-8-10-20(13-19)29-4)23(27)16-31-22-12-7-6-11-21(22)30-5/h6-13,17-18H,14-16H2,1-5H3,(H,25,28)/t18-/m1/s1. The molecular weight excluding hydrogens is 396 g/mol. The van der Waals surface area contributed by atoms with Crippen molar-refractivity contribution in [3.63, 3.8) is 0 Å². The number of nitrogens with zero attached hydrogens (tertiary/aromatic N) is 1. The Morgan fingerprint density at radius 1 is 0.968 bits per heavy atom. The molecule has 0 unspecified atom stereocenters. The average Bonchev–Trinajstić information content (AvgIpc) is 2.79. The summed E-state index contributed by atoms with van der Waals surface area (Å²) in [5.41, 5.74) is 0.855. The fourth-order valence-electron chi connectivity index (χ4n) is 2.96. The van der Waals surface area contributed by atoms with Gasteiger partial charge in [0.15, 0.2) is 18.1 Å². The molecule has 0 aliphatic heterocycles. The van der Waals surface area contributed by atoms with Gasteiger partial charge in [-0.3, -0.25) is 9.59 Å². The summed E-state index contributed by atoms with van der Waals surface area (Å²) in [6.45, 7) is 6.34. The zero-order chi connectivity index (χ0) is 22.8. The lowest BCUT2D eigenvalue weighted by atomic mass is 10.1. The summed E-state index contributed by atoms with van der Waals surface area (Å²) in [6, 6.07) is 13.9. The van der Waals surface area contributed by atoms with Gasteiger partial charge in [-0.05, 0) is 42.7 Å². The predicted octanol–water partition coefficient (Wildman–Crippen LogP) is 3.27. The van der Waals surface area contributed by atoms with E-state index >= 15 is 0 Å². The van der Waals surface area contributed by atoms with Gasteiger partial charge in [-0.2, -0.15) is 0 Å². The molecule has 2 aromatic carbocycles. The van der Waals surface area contributed by atoms with E-state index in [4.69, 9.17) is 14.2 Å². The number of carbonyl (C=O) groups excluding carboxylic acids is 2. The number of hydrogen-bond donors (Lipinski definition) is 1. The Balaban J connectivity index is 2.18. The van der Waals surface area contributed by atoms with E-state index in [-0.39, 0.29) is 25.0 Å². The summed E-state index contributed by atoms with van der Waals surface area (Å²) in [4.78, 5) is 27.3. The van der Waals surface area contributed by atoms with Crippen LogP contribution in [-0.2, 0) is 16.1 Å². The Bertz CT molecular complexity index is 869. The molecule has 0 spiro atoms. The van der Waals surface area contributed by atoms with Crippen LogP contribution in [0.1, 0.15) is 26.3 Å². The van der Waals surface area contributed by atoms with Crippen molar-refractivity contribution in [1.29, 1.82) is 0 Å². The van der Waals surface area contributed by atoms with Crippen LogP contribution in [0.3, 0.4) is 0 Å². The lowest BCUT2D eigenvalue weighted by molar-refractivity contribution is -0.142. The van der Waals surface area contributed by atoms with Gasteiger partial charge in [-0.15, -0.1) is 0 Å². The first-order valence-corrected chi connectivity index (χ1v) is 10.3. The molecule has 7 heteroatoms. The first kappa shape index (κ1) is 24.1. The number of benzene rings is 2. The molecule has 2 rings (SSSR count). The van der Waals surface area contributed by atoms with E-state index in [9.17, 15) is 9.59 Å². The van der Waals surface area contributed by atoms with Crippen molar-refractivity contribution >= 4 is 11.8 Å². The minimum absolute atomic E-state index is 0.206. The van der Waals surface area contributed by atoms with Gasteiger partial charge in [0.2, 0.25) is 5.91 Å². The second kappa shape index (κ2) is 11.8. The van der Waals surface area contributed by atoms with Crippen LogP contribution in [0.5, 0.6) is 17.2 Å². The molecule has 0 fully saturated rings. The van der Waals surface area contributed by atoms with Crippen LogP contribution in [0.2, 0.25) is 0 Å². The lowest BCUT2D eigenvalue weighted by Crippen LogP contribution is -2.49. The van der Waals surface area contributed by atoms with Gasteiger partial charge >= 0.3 is 0 Å². The second-order valence-electron chi connectivity index (χ2n) is 7.63. The van der Waals surface area contributed by atoms with Crippen LogP contribution in [0.25, 0.3) is 0 Å². The molecule has 0 heterocycles. The van der Waals surface area contributed by atoms with Gasteiger partial charge in [0.1, 0.15) is 11.8 Å². The normalized spacial score (nSPS) is 11.5. The summed E-state index contributed by atoms with van der Waals surface area (Å²) >= 11 is 0. The molecule has 1 atom stereocenters. The van der Waals surface area contributed by atoms with E-state index in [0.29, 0.717) is 29.7 Å². The summed E-state index contributed by atoms with van der Waals surface area (Å²) in [7, 11) is 3.13. The molecule has 0 aliphatic rings. The maximum Gasteiger partial charge on any atom is 0.261 e. The summed E-state index contributed by atoms with van der Waals surface area (Å²) in [6.07, 6.45) is 0. The van der Waals surface area contributed by atoms with Crippen LogP contribution in [0.15, 0.2) is 48.5 Å². The van der Waals surface area contributed by atoms with Gasteiger partial charge in [-0.25, -0.2) is 0 Å². The molecule has 0 aromatic heterocycles. The van der Waals surface area contributed by atoms with Crippen molar-refractivity contribution in [2.24, 2.45) is 5.92 Å². The number of ether oxygens (including phenoxy) is 3. The quantitative estimate of drug-likeness (QED) is 0.594. The first-order chi connectivity index (χ1) is 14.8. The molecule has 168 valence electrons. The van der Waals surface area contributed by atoms with E-state index in [1.54, 1.807) is 39.3 Å². The number of amides is 2. The fraction of sp³-hybridized carbons (Fsp3) is 0.417. The third-order valence-corrected chi connectivity index (χ3v) is 4.76. The lowest BCUT2D eigenvalue weighted by Gasteiger charge is -2.29. The van der Waals surface area contributed by atoms with E-state index < -0.39 is 6.04 Å². The molecule has 1 N–H and O–H groups in total. The average molecular weight is 429 g/mol. The maximum absolute atomic E-state index is 13.1. The number of hydrogen-bond acceptors (Lipinski definition) is 5. The first-order valence-electron chi connectivity index (χ1n) is 10.3. The molecule has 0 bridgehead atoms. The molecular formula is C24H32N2O5. The van der Waals surface area contributed by atoms with Crippen molar-refractivity contribution in [3.8, 4) is 17.2 Å². The van der Waals surface area contributed by atoms with Gasteiger partial charge in [0.25, 0.3) is 5.91 Å². The SMILES string of the molecule is COc1cccc(CN(C(=O)COc2ccccc2OC)[C@H](C)C(=O)NCC(C)C)c1. The minimum Gasteiger partial charge on any atom is -0.497 e. The Hall–Kier alpha value is -3.22. The van der Waals surface area contributed by atoms with E-state index in [1.807, 2.05) is 44.2 Å². The highest BCUT2D eigenvalue weighted by atomic mass is 16.5. The Labute approximate surface area is 184 Å². The third kappa shape index (κ3) is 7.20. The molecule has 7 nitrogen and oxygen atoms in total. The van der Waals surface area contributed by atoms with Gasteiger partial charge in [0, 0.05) is 13.1 Å². The number of methoxy groups -OCH3 is 2. The van der Waals surface area contributed by atoms with Crippen molar-refractivity contribution in [2.75, 3.05) is 27.4 Å². The van der Waals surface area contributed by atoms with Crippen molar-refractivity contribution in [2.45, 2.75) is 33.4 Å². The minimum atomic E-state index is -0.668. The Kier molecular flexibility index (Phi) is 9.18. The number of rotatable bonds is 11. The van der Waals surface area contributed by atoms with Crippen LogP contribution < -0.4 is 19.5 Å². The Morgan fingerprint density at radius 2 is 1.68 bits per heavy atom. The number of nitrogens with one attached hydrogen (secondary N) is 1. The van der Waals surface area contributed by atoms with Crippen molar-refractivity contribution < 1.29 is 23.8 Å². The highest BCUT2D eigenvalue weighted by Crippen LogP contribution is 2.26. The molecule has 31 heavy (non-hydrogen) atoms. The molecule has 2 aromatic rings. The Morgan fingerprint density at radius 3 is 2.32 bits per heavy atom. The molecule has 0 radical (unpaired) electrons. The third-order valence-electron chi connectivity index (χ3n) is 4.76. The van der Waals surface area contributed by atoms with E-state index in [1.165, 1.54) is 4.90 Å². The number of carbonyl (C=O) groups is 2. The molecule has 0 aliphatic carbocycles. The van der Waals surface area contributed by atoms with Crippen LogP contribution >= 0.6 is 0 Å².